The average molecular weight is 459 g/mol. The van der Waals surface area contributed by atoms with E-state index in [2.05, 4.69) is 4.99 Å². The molecule has 1 aliphatic rings. The summed E-state index contributed by atoms with van der Waals surface area (Å²) in [5.74, 6) is 0.210. The van der Waals surface area contributed by atoms with E-state index in [-0.39, 0.29) is 12.5 Å². The Bertz CT molecular complexity index is 1040. The topological polar surface area (TPSA) is 79.2 Å². The molecule has 1 fully saturated rings. The van der Waals surface area contributed by atoms with E-state index in [1.165, 1.54) is 11.8 Å². The predicted octanol–water partition coefficient (Wildman–Crippen LogP) is 4.47. The molecule has 162 valence electrons. The molecule has 0 unspecified atom stereocenters. The van der Waals surface area contributed by atoms with Crippen LogP contribution in [0.25, 0.3) is 6.08 Å². The highest BCUT2D eigenvalue weighted by atomic mass is 35.5. The SMILES string of the molecule is CCC/N=C1\S/C(=C/c2ccc(OC[C@@H](O)C=O)c(Cl)c2)C(=O)N1c1ccccc1C. The number of aliphatic hydroxyl groups is 1. The van der Waals surface area contributed by atoms with Crippen molar-refractivity contribution in [2.24, 2.45) is 4.99 Å². The van der Waals surface area contributed by atoms with Crippen LogP contribution >= 0.6 is 23.4 Å². The maximum Gasteiger partial charge on any atom is 0.271 e. The van der Waals surface area contributed by atoms with E-state index in [1.807, 2.05) is 38.1 Å². The molecule has 1 heterocycles. The van der Waals surface area contributed by atoms with E-state index in [4.69, 9.17) is 16.3 Å². The number of aryl methyl sites for hydroxylation is 1. The summed E-state index contributed by atoms with van der Waals surface area (Å²) in [6.45, 7) is 4.46. The summed E-state index contributed by atoms with van der Waals surface area (Å²) in [6.07, 6.45) is 1.84. The van der Waals surface area contributed by atoms with Gasteiger partial charge in [0.15, 0.2) is 11.5 Å². The second kappa shape index (κ2) is 10.6. The van der Waals surface area contributed by atoms with Gasteiger partial charge < -0.3 is 14.6 Å². The number of amides is 1. The highest BCUT2D eigenvalue weighted by molar-refractivity contribution is 8.19. The Balaban J connectivity index is 1.88. The Morgan fingerprint density at radius 3 is 2.74 bits per heavy atom. The summed E-state index contributed by atoms with van der Waals surface area (Å²) in [5.41, 5.74) is 2.53. The largest absolute Gasteiger partial charge is 0.489 e. The van der Waals surface area contributed by atoms with E-state index in [1.54, 1.807) is 29.2 Å². The number of aldehydes is 1. The third-order valence-corrected chi connectivity index (χ3v) is 5.76. The van der Waals surface area contributed by atoms with Gasteiger partial charge in [0.05, 0.1) is 15.6 Å². The summed E-state index contributed by atoms with van der Waals surface area (Å²) >= 11 is 7.60. The molecule has 0 bridgehead atoms. The van der Waals surface area contributed by atoms with Crippen molar-refractivity contribution >= 4 is 52.5 Å². The lowest BCUT2D eigenvalue weighted by Crippen LogP contribution is -2.29. The number of hydrogen-bond donors (Lipinski definition) is 1. The van der Waals surface area contributed by atoms with Gasteiger partial charge in [0.1, 0.15) is 18.5 Å². The number of carbonyl (C=O) groups is 2. The Labute approximate surface area is 190 Å². The van der Waals surface area contributed by atoms with Crippen LogP contribution in [-0.4, -0.2) is 41.7 Å². The van der Waals surface area contributed by atoms with Crippen LogP contribution in [0.2, 0.25) is 5.02 Å². The van der Waals surface area contributed by atoms with Crippen LogP contribution in [0.15, 0.2) is 52.4 Å². The molecule has 1 amide bonds. The maximum absolute atomic E-state index is 13.2. The molecule has 1 aliphatic heterocycles. The first-order valence-electron chi connectivity index (χ1n) is 9.84. The zero-order valence-corrected chi connectivity index (χ0v) is 18.8. The molecular weight excluding hydrogens is 436 g/mol. The summed E-state index contributed by atoms with van der Waals surface area (Å²) < 4.78 is 5.35. The van der Waals surface area contributed by atoms with Gasteiger partial charge >= 0.3 is 0 Å². The van der Waals surface area contributed by atoms with E-state index < -0.39 is 6.10 Å². The third-order valence-electron chi connectivity index (χ3n) is 4.45. The van der Waals surface area contributed by atoms with Crippen LogP contribution in [0.1, 0.15) is 24.5 Å². The van der Waals surface area contributed by atoms with Crippen molar-refractivity contribution in [1.29, 1.82) is 0 Å². The molecule has 1 saturated heterocycles. The number of hydrogen-bond acceptors (Lipinski definition) is 6. The first-order chi connectivity index (χ1) is 14.9. The molecule has 0 aliphatic carbocycles. The summed E-state index contributed by atoms with van der Waals surface area (Å²) in [5, 5.41) is 10.3. The molecule has 0 radical (unpaired) electrons. The van der Waals surface area contributed by atoms with Crippen LogP contribution in [0.5, 0.6) is 5.75 Å². The fourth-order valence-electron chi connectivity index (χ4n) is 2.90. The summed E-state index contributed by atoms with van der Waals surface area (Å²) in [6, 6.07) is 12.8. The second-order valence-corrected chi connectivity index (χ2v) is 8.32. The minimum absolute atomic E-state index is 0.139. The normalized spacial score (nSPS) is 17.4. The molecule has 0 aromatic heterocycles. The zero-order chi connectivity index (χ0) is 22.4. The lowest BCUT2D eigenvalue weighted by atomic mass is 10.1. The van der Waals surface area contributed by atoms with Crippen molar-refractivity contribution in [3.63, 3.8) is 0 Å². The molecule has 1 N–H and O–H groups in total. The van der Waals surface area contributed by atoms with Gasteiger partial charge in [-0.25, -0.2) is 0 Å². The molecule has 0 spiro atoms. The Kier molecular flexibility index (Phi) is 7.90. The Morgan fingerprint density at radius 1 is 1.29 bits per heavy atom. The zero-order valence-electron chi connectivity index (χ0n) is 17.2. The van der Waals surface area contributed by atoms with Crippen LogP contribution < -0.4 is 9.64 Å². The van der Waals surface area contributed by atoms with Crippen molar-refractivity contribution in [1.82, 2.24) is 0 Å². The average Bonchev–Trinajstić information content (AvgIpc) is 3.06. The van der Waals surface area contributed by atoms with Crippen molar-refractivity contribution < 1.29 is 19.4 Å². The predicted molar refractivity (Wildman–Crippen MR) is 126 cm³/mol. The van der Waals surface area contributed by atoms with Crippen LogP contribution in [0.4, 0.5) is 5.69 Å². The monoisotopic (exact) mass is 458 g/mol. The van der Waals surface area contributed by atoms with Gasteiger partial charge in [-0.1, -0.05) is 42.8 Å². The molecule has 8 heteroatoms. The van der Waals surface area contributed by atoms with Crippen LogP contribution in [0, 0.1) is 6.92 Å². The maximum atomic E-state index is 13.2. The Morgan fingerprint density at radius 2 is 2.06 bits per heavy atom. The van der Waals surface area contributed by atoms with Gasteiger partial charge in [-0.05, 0) is 60.5 Å². The number of thioether (sulfide) groups is 1. The van der Waals surface area contributed by atoms with E-state index in [0.717, 1.165) is 23.2 Å². The van der Waals surface area contributed by atoms with Gasteiger partial charge in [-0.3, -0.25) is 14.7 Å². The molecular formula is C23H23ClN2O4S. The fraction of sp³-hybridized carbons (Fsp3) is 0.261. The van der Waals surface area contributed by atoms with Gasteiger partial charge in [0, 0.05) is 6.54 Å². The van der Waals surface area contributed by atoms with Gasteiger partial charge in [0.2, 0.25) is 0 Å². The lowest BCUT2D eigenvalue weighted by Gasteiger charge is -2.18. The highest BCUT2D eigenvalue weighted by Gasteiger charge is 2.35. The van der Waals surface area contributed by atoms with Crippen molar-refractivity contribution in [3.8, 4) is 5.75 Å². The smallest absolute Gasteiger partial charge is 0.271 e. The number of aliphatic imine (C=N–C) groups is 1. The van der Waals surface area contributed by atoms with E-state index >= 15 is 0 Å². The number of anilines is 1. The fourth-order valence-corrected chi connectivity index (χ4v) is 4.15. The summed E-state index contributed by atoms with van der Waals surface area (Å²) in [4.78, 5) is 30.6. The first kappa shape index (κ1) is 23.1. The third kappa shape index (κ3) is 5.55. The van der Waals surface area contributed by atoms with Gasteiger partial charge in [-0.15, -0.1) is 0 Å². The number of ether oxygens (including phenoxy) is 1. The number of rotatable bonds is 8. The molecule has 2 aromatic carbocycles. The standard InChI is InChI=1S/C23H23ClN2O4S/c1-3-10-25-23-26(19-7-5-4-6-15(19)2)22(29)21(31-23)12-16-8-9-20(18(24)11-16)30-14-17(28)13-27/h4-9,11-13,17,28H,3,10,14H2,1-2H3/b21-12+,25-23-/t17-/m0/s1. The van der Waals surface area contributed by atoms with Crippen molar-refractivity contribution in [2.45, 2.75) is 26.4 Å². The lowest BCUT2D eigenvalue weighted by molar-refractivity contribution is -0.116. The molecule has 0 saturated carbocycles. The minimum Gasteiger partial charge on any atom is -0.489 e. The molecule has 6 nitrogen and oxygen atoms in total. The van der Waals surface area contributed by atoms with Gasteiger partial charge in [-0.2, -0.15) is 0 Å². The molecule has 31 heavy (non-hydrogen) atoms. The van der Waals surface area contributed by atoms with Crippen molar-refractivity contribution in [2.75, 3.05) is 18.1 Å². The number of aliphatic hydroxyl groups excluding tert-OH is 1. The van der Waals surface area contributed by atoms with Crippen LogP contribution in [-0.2, 0) is 9.59 Å². The first-order valence-corrected chi connectivity index (χ1v) is 11.0. The molecule has 1 atom stereocenters. The molecule has 2 aromatic rings. The van der Waals surface area contributed by atoms with E-state index in [9.17, 15) is 14.7 Å². The van der Waals surface area contributed by atoms with E-state index in [0.29, 0.717) is 33.7 Å². The number of benzene rings is 2. The number of halogens is 1. The molecule has 3 rings (SSSR count). The number of nitrogens with zero attached hydrogens (tertiary/aromatic N) is 2. The summed E-state index contributed by atoms with van der Waals surface area (Å²) in [7, 11) is 0. The van der Waals surface area contributed by atoms with Gasteiger partial charge in [0.25, 0.3) is 5.91 Å². The number of amidine groups is 1. The van der Waals surface area contributed by atoms with Crippen LogP contribution in [0.3, 0.4) is 0 Å². The van der Waals surface area contributed by atoms with Crippen molar-refractivity contribution in [3.05, 3.63) is 63.5 Å². The number of para-hydroxylation sites is 1. The number of carbonyl (C=O) groups excluding carboxylic acids is 2. The second-order valence-electron chi connectivity index (χ2n) is 6.91. The quantitative estimate of drug-likeness (QED) is 0.466. The highest BCUT2D eigenvalue weighted by Crippen LogP contribution is 2.38. The minimum atomic E-state index is -1.21. The Hall–Kier alpha value is -2.61.